The lowest BCUT2D eigenvalue weighted by atomic mass is 10.0. The molecule has 2 saturated heterocycles. The molecule has 0 spiro atoms. The molecule has 8 heteroatoms. The first-order chi connectivity index (χ1) is 16.0. The molecule has 1 atom stereocenters. The number of anilines is 1. The molecule has 4 rings (SSSR count). The van der Waals surface area contributed by atoms with Crippen LogP contribution < -0.4 is 10.1 Å². The summed E-state index contributed by atoms with van der Waals surface area (Å²) in [5.41, 5.74) is 1.29. The largest absolute Gasteiger partial charge is 0.495 e. The highest BCUT2D eigenvalue weighted by molar-refractivity contribution is 7.89. The Balaban J connectivity index is 1.63. The zero-order valence-corrected chi connectivity index (χ0v) is 20.0. The Hall–Kier alpha value is -2.42. The lowest BCUT2D eigenvalue weighted by Gasteiger charge is -2.27. The maximum Gasteiger partial charge on any atom is 0.246 e. The van der Waals surface area contributed by atoms with E-state index >= 15 is 0 Å². The minimum atomic E-state index is -3.64. The van der Waals surface area contributed by atoms with E-state index in [1.54, 1.807) is 16.4 Å². The van der Waals surface area contributed by atoms with Crippen LogP contribution in [0.3, 0.4) is 0 Å². The summed E-state index contributed by atoms with van der Waals surface area (Å²) in [5, 5.41) is 2.98. The van der Waals surface area contributed by atoms with E-state index < -0.39 is 16.1 Å². The molecule has 2 aromatic rings. The zero-order chi connectivity index (χ0) is 23.3. The van der Waals surface area contributed by atoms with Crippen molar-refractivity contribution < 1.29 is 17.9 Å². The van der Waals surface area contributed by atoms with Gasteiger partial charge in [0.15, 0.2) is 0 Å². The van der Waals surface area contributed by atoms with Crippen molar-refractivity contribution in [2.24, 2.45) is 0 Å². The standard InChI is InChI=1S/C25H33N3O4S/c1-32-23-14-13-21(33(30,31)28-17-7-2-3-8-18-28)19-22(23)26-25(29)24(27-15-9-10-16-27)20-11-5-4-6-12-20/h4-6,11-14,19,24H,2-3,7-10,15-18H2,1H3,(H,26,29). The summed E-state index contributed by atoms with van der Waals surface area (Å²) in [6, 6.07) is 14.0. The Bertz CT molecular complexity index is 1040. The lowest BCUT2D eigenvalue weighted by molar-refractivity contribution is -0.121. The van der Waals surface area contributed by atoms with Gasteiger partial charge in [-0.25, -0.2) is 8.42 Å². The molecule has 0 radical (unpaired) electrons. The van der Waals surface area contributed by atoms with Gasteiger partial charge in [0.2, 0.25) is 15.9 Å². The summed E-state index contributed by atoms with van der Waals surface area (Å²) >= 11 is 0. The fraction of sp³-hybridized carbons (Fsp3) is 0.480. The number of methoxy groups -OCH3 is 1. The number of carbonyl (C=O) groups excluding carboxylic acids is 1. The third-order valence-corrected chi connectivity index (χ3v) is 8.40. The van der Waals surface area contributed by atoms with Gasteiger partial charge in [0, 0.05) is 13.1 Å². The molecule has 178 valence electrons. The SMILES string of the molecule is COc1ccc(S(=O)(=O)N2CCCCCC2)cc1NC(=O)C(c1ccccc1)N1CCCC1. The fourth-order valence-corrected chi connectivity index (χ4v) is 6.28. The van der Waals surface area contributed by atoms with Gasteiger partial charge in [-0.15, -0.1) is 0 Å². The minimum Gasteiger partial charge on any atom is -0.495 e. The topological polar surface area (TPSA) is 79.0 Å². The first-order valence-corrected chi connectivity index (χ1v) is 13.2. The number of carbonyl (C=O) groups is 1. The molecule has 0 saturated carbocycles. The molecule has 2 fully saturated rings. The number of benzene rings is 2. The van der Waals surface area contributed by atoms with Crippen LogP contribution in [0.1, 0.15) is 50.1 Å². The maximum absolute atomic E-state index is 13.5. The number of rotatable bonds is 7. The van der Waals surface area contributed by atoms with Gasteiger partial charge in [-0.3, -0.25) is 9.69 Å². The van der Waals surface area contributed by atoms with E-state index in [0.29, 0.717) is 24.5 Å². The molecule has 1 N–H and O–H groups in total. The summed E-state index contributed by atoms with van der Waals surface area (Å²) in [6.07, 6.45) is 5.95. The quantitative estimate of drug-likeness (QED) is 0.660. The summed E-state index contributed by atoms with van der Waals surface area (Å²) in [4.78, 5) is 15.9. The number of hydrogen-bond acceptors (Lipinski definition) is 5. The third kappa shape index (κ3) is 5.39. The van der Waals surface area contributed by atoms with Crippen molar-refractivity contribution in [1.29, 1.82) is 0 Å². The summed E-state index contributed by atoms with van der Waals surface area (Å²) < 4.78 is 33.6. The third-order valence-electron chi connectivity index (χ3n) is 6.50. The predicted octanol–water partition coefficient (Wildman–Crippen LogP) is 4.04. The van der Waals surface area contributed by atoms with Crippen LogP contribution in [0.2, 0.25) is 0 Å². The Labute approximate surface area is 196 Å². The first kappa shape index (κ1) is 23.7. The fourth-order valence-electron chi connectivity index (χ4n) is 4.74. The van der Waals surface area contributed by atoms with Crippen LogP contribution in [0.25, 0.3) is 0 Å². The van der Waals surface area contributed by atoms with Gasteiger partial charge in [0.05, 0.1) is 17.7 Å². The van der Waals surface area contributed by atoms with E-state index in [9.17, 15) is 13.2 Å². The smallest absolute Gasteiger partial charge is 0.246 e. The number of sulfonamides is 1. The number of likely N-dealkylation sites (tertiary alicyclic amines) is 1. The van der Waals surface area contributed by atoms with Gasteiger partial charge in [-0.1, -0.05) is 43.2 Å². The number of ether oxygens (including phenoxy) is 1. The molecule has 2 aromatic carbocycles. The van der Waals surface area contributed by atoms with Crippen molar-refractivity contribution in [1.82, 2.24) is 9.21 Å². The second-order valence-electron chi connectivity index (χ2n) is 8.73. The van der Waals surface area contributed by atoms with Crippen molar-refractivity contribution in [3.05, 3.63) is 54.1 Å². The van der Waals surface area contributed by atoms with Crippen molar-refractivity contribution >= 4 is 21.6 Å². The molecule has 2 aliphatic rings. The van der Waals surface area contributed by atoms with Crippen molar-refractivity contribution in [2.45, 2.75) is 49.5 Å². The second-order valence-corrected chi connectivity index (χ2v) is 10.7. The Morgan fingerprint density at radius 2 is 1.55 bits per heavy atom. The average Bonchev–Trinajstić information content (AvgIpc) is 3.19. The van der Waals surface area contributed by atoms with Crippen LogP contribution in [0.15, 0.2) is 53.4 Å². The normalized spacial score (nSPS) is 19.1. The molecule has 0 aromatic heterocycles. The summed E-state index contributed by atoms with van der Waals surface area (Å²) in [6.45, 7) is 2.77. The van der Waals surface area contributed by atoms with E-state index in [-0.39, 0.29) is 10.8 Å². The van der Waals surface area contributed by atoms with E-state index in [1.807, 2.05) is 30.3 Å². The number of nitrogens with zero attached hydrogens (tertiary/aromatic N) is 2. The number of nitrogens with one attached hydrogen (secondary N) is 1. The van der Waals surface area contributed by atoms with Crippen LogP contribution in [0.4, 0.5) is 5.69 Å². The van der Waals surface area contributed by atoms with Crippen LogP contribution in [-0.4, -0.2) is 56.8 Å². The van der Waals surface area contributed by atoms with Gasteiger partial charge >= 0.3 is 0 Å². The molecule has 0 aliphatic carbocycles. The van der Waals surface area contributed by atoms with Crippen molar-refractivity contribution in [2.75, 3.05) is 38.6 Å². The summed E-state index contributed by atoms with van der Waals surface area (Å²) in [7, 11) is -2.12. The molecule has 1 unspecified atom stereocenters. The van der Waals surface area contributed by atoms with E-state index in [0.717, 1.165) is 57.2 Å². The van der Waals surface area contributed by atoms with Crippen LogP contribution in [0.5, 0.6) is 5.75 Å². The van der Waals surface area contributed by atoms with E-state index in [1.165, 1.54) is 13.2 Å². The molecular formula is C25H33N3O4S. The highest BCUT2D eigenvalue weighted by Gasteiger charge is 2.31. The van der Waals surface area contributed by atoms with Crippen LogP contribution >= 0.6 is 0 Å². The highest BCUT2D eigenvalue weighted by Crippen LogP contribution is 2.32. The molecule has 2 heterocycles. The number of amides is 1. The maximum atomic E-state index is 13.5. The monoisotopic (exact) mass is 471 g/mol. The second kappa shape index (κ2) is 10.7. The zero-order valence-electron chi connectivity index (χ0n) is 19.2. The molecular weight excluding hydrogens is 438 g/mol. The summed E-state index contributed by atoms with van der Waals surface area (Å²) in [5.74, 6) is 0.247. The van der Waals surface area contributed by atoms with Crippen LogP contribution in [0, 0.1) is 0 Å². The van der Waals surface area contributed by atoms with Gasteiger partial charge in [0.25, 0.3) is 0 Å². The Morgan fingerprint density at radius 3 is 2.18 bits per heavy atom. The molecule has 2 aliphatic heterocycles. The highest BCUT2D eigenvalue weighted by atomic mass is 32.2. The van der Waals surface area contributed by atoms with Gasteiger partial charge in [-0.2, -0.15) is 4.31 Å². The Morgan fingerprint density at radius 1 is 0.909 bits per heavy atom. The lowest BCUT2D eigenvalue weighted by Crippen LogP contribution is -2.35. The van der Waals surface area contributed by atoms with Gasteiger partial charge < -0.3 is 10.1 Å². The van der Waals surface area contributed by atoms with Gasteiger partial charge in [-0.05, 0) is 62.5 Å². The van der Waals surface area contributed by atoms with E-state index in [2.05, 4.69) is 10.2 Å². The number of hydrogen-bond donors (Lipinski definition) is 1. The van der Waals surface area contributed by atoms with Gasteiger partial charge in [0.1, 0.15) is 11.8 Å². The predicted molar refractivity (Wildman–Crippen MR) is 129 cm³/mol. The molecule has 1 amide bonds. The van der Waals surface area contributed by atoms with Crippen molar-refractivity contribution in [3.8, 4) is 5.75 Å². The van der Waals surface area contributed by atoms with Crippen molar-refractivity contribution in [3.63, 3.8) is 0 Å². The molecule has 0 bridgehead atoms. The van der Waals surface area contributed by atoms with E-state index in [4.69, 9.17) is 4.74 Å². The molecule has 7 nitrogen and oxygen atoms in total. The molecule has 33 heavy (non-hydrogen) atoms. The first-order valence-electron chi connectivity index (χ1n) is 11.8. The average molecular weight is 472 g/mol. The Kier molecular flexibility index (Phi) is 7.67. The minimum absolute atomic E-state index is 0.179. The van der Waals surface area contributed by atoms with Crippen LogP contribution in [-0.2, 0) is 14.8 Å².